The van der Waals surface area contributed by atoms with Gasteiger partial charge in [0.2, 0.25) is 11.8 Å². The van der Waals surface area contributed by atoms with E-state index in [0.29, 0.717) is 12.8 Å². The maximum absolute atomic E-state index is 12.4. The molecule has 3 rings (SSSR count). The molecule has 0 aliphatic carbocycles. The summed E-state index contributed by atoms with van der Waals surface area (Å²) in [5.41, 5.74) is 2.70. The Balaban J connectivity index is 1.65. The van der Waals surface area contributed by atoms with E-state index in [-0.39, 0.29) is 31.2 Å². The van der Waals surface area contributed by atoms with Crippen molar-refractivity contribution in [1.29, 1.82) is 0 Å². The summed E-state index contributed by atoms with van der Waals surface area (Å²) in [5, 5.41) is 11.9. The zero-order chi connectivity index (χ0) is 19.2. The van der Waals surface area contributed by atoms with Crippen LogP contribution in [-0.2, 0) is 20.8 Å². The van der Waals surface area contributed by atoms with Crippen molar-refractivity contribution in [2.45, 2.75) is 31.7 Å². The van der Waals surface area contributed by atoms with Gasteiger partial charge in [0.1, 0.15) is 0 Å². The number of anilines is 1. The minimum Gasteiger partial charge on any atom is -0.481 e. The summed E-state index contributed by atoms with van der Waals surface area (Å²) in [5.74, 6) is -1.25. The molecule has 1 aliphatic heterocycles. The van der Waals surface area contributed by atoms with Crippen LogP contribution >= 0.6 is 0 Å². The molecule has 6 nitrogen and oxygen atoms in total. The topological polar surface area (TPSA) is 86.7 Å². The number of benzene rings is 2. The van der Waals surface area contributed by atoms with Gasteiger partial charge < -0.3 is 15.3 Å². The first-order chi connectivity index (χ1) is 13.0. The van der Waals surface area contributed by atoms with Crippen molar-refractivity contribution in [1.82, 2.24) is 5.32 Å². The third-order valence-electron chi connectivity index (χ3n) is 4.67. The summed E-state index contributed by atoms with van der Waals surface area (Å²) in [4.78, 5) is 37.5. The van der Waals surface area contributed by atoms with Gasteiger partial charge in [0, 0.05) is 25.1 Å². The quantitative estimate of drug-likeness (QED) is 0.789. The Bertz CT molecular complexity index is 835. The van der Waals surface area contributed by atoms with Gasteiger partial charge in [-0.25, -0.2) is 0 Å². The molecule has 1 atom stereocenters. The van der Waals surface area contributed by atoms with E-state index in [1.807, 2.05) is 30.3 Å². The molecular weight excluding hydrogens is 344 g/mol. The molecule has 0 bridgehead atoms. The predicted octanol–water partition coefficient (Wildman–Crippen LogP) is 2.69. The van der Waals surface area contributed by atoms with Crippen molar-refractivity contribution >= 4 is 23.5 Å². The summed E-state index contributed by atoms with van der Waals surface area (Å²) in [7, 11) is 0. The number of hydrogen-bond acceptors (Lipinski definition) is 3. The summed E-state index contributed by atoms with van der Waals surface area (Å²) in [6.07, 6.45) is 1.07. The van der Waals surface area contributed by atoms with Gasteiger partial charge in [0.15, 0.2) is 0 Å². The van der Waals surface area contributed by atoms with Crippen LogP contribution in [0.4, 0.5) is 5.69 Å². The van der Waals surface area contributed by atoms with Gasteiger partial charge in [-0.3, -0.25) is 14.4 Å². The first kappa shape index (κ1) is 18.6. The number of carboxylic acid groups (broad SMARTS) is 1. The second-order valence-corrected chi connectivity index (χ2v) is 6.55. The van der Waals surface area contributed by atoms with Crippen LogP contribution in [-0.4, -0.2) is 29.4 Å². The van der Waals surface area contributed by atoms with Crippen LogP contribution < -0.4 is 10.2 Å². The predicted molar refractivity (Wildman–Crippen MR) is 101 cm³/mol. The Kier molecular flexibility index (Phi) is 5.86. The average molecular weight is 366 g/mol. The van der Waals surface area contributed by atoms with Crippen molar-refractivity contribution in [3.05, 3.63) is 65.7 Å². The van der Waals surface area contributed by atoms with Crippen LogP contribution in [0, 0.1) is 0 Å². The highest BCUT2D eigenvalue weighted by Crippen LogP contribution is 2.27. The first-order valence-corrected chi connectivity index (χ1v) is 8.99. The number of carboxylic acids is 1. The Morgan fingerprint density at radius 2 is 1.74 bits per heavy atom. The summed E-state index contributed by atoms with van der Waals surface area (Å²) in [6.45, 7) is 0.274. The Morgan fingerprint density at radius 3 is 2.48 bits per heavy atom. The number of rotatable bonds is 7. The van der Waals surface area contributed by atoms with E-state index < -0.39 is 12.0 Å². The Hall–Kier alpha value is -3.15. The third-order valence-corrected chi connectivity index (χ3v) is 4.67. The van der Waals surface area contributed by atoms with Gasteiger partial charge in [-0.2, -0.15) is 0 Å². The summed E-state index contributed by atoms with van der Waals surface area (Å²) >= 11 is 0. The van der Waals surface area contributed by atoms with E-state index in [9.17, 15) is 14.4 Å². The van der Waals surface area contributed by atoms with E-state index in [1.165, 1.54) is 0 Å². The number of aryl methyl sites for hydroxylation is 1. The van der Waals surface area contributed by atoms with Gasteiger partial charge >= 0.3 is 5.97 Å². The number of carbonyl (C=O) groups is 3. The summed E-state index contributed by atoms with van der Waals surface area (Å²) in [6, 6.07) is 16.1. The van der Waals surface area contributed by atoms with E-state index in [0.717, 1.165) is 16.8 Å². The molecule has 1 unspecified atom stereocenters. The zero-order valence-corrected chi connectivity index (χ0v) is 14.9. The lowest BCUT2D eigenvalue weighted by molar-refractivity contribution is -0.137. The van der Waals surface area contributed by atoms with Gasteiger partial charge in [0.05, 0.1) is 12.5 Å². The molecule has 0 radical (unpaired) electrons. The van der Waals surface area contributed by atoms with Crippen LogP contribution in [0.15, 0.2) is 54.6 Å². The largest absolute Gasteiger partial charge is 0.481 e. The van der Waals surface area contributed by atoms with E-state index in [1.54, 1.807) is 29.2 Å². The maximum atomic E-state index is 12.4. The minimum absolute atomic E-state index is 0.00615. The fourth-order valence-corrected chi connectivity index (χ4v) is 3.33. The fraction of sp³-hybridized carbons (Fsp3) is 0.286. The number of hydrogen-bond donors (Lipinski definition) is 2. The van der Waals surface area contributed by atoms with E-state index in [2.05, 4.69) is 5.32 Å². The van der Waals surface area contributed by atoms with Crippen LogP contribution in [0.3, 0.4) is 0 Å². The fourth-order valence-electron chi connectivity index (χ4n) is 3.33. The van der Waals surface area contributed by atoms with Gasteiger partial charge in [-0.1, -0.05) is 48.5 Å². The van der Waals surface area contributed by atoms with Gasteiger partial charge in [0.25, 0.3) is 0 Å². The summed E-state index contributed by atoms with van der Waals surface area (Å²) < 4.78 is 0. The first-order valence-electron chi connectivity index (χ1n) is 8.99. The number of para-hydroxylation sites is 1. The monoisotopic (exact) mass is 366 g/mol. The highest BCUT2D eigenvalue weighted by molar-refractivity contribution is 5.97. The number of nitrogens with zero attached hydrogens (tertiary/aromatic N) is 1. The lowest BCUT2D eigenvalue weighted by atomic mass is 10.0. The molecule has 2 aromatic carbocycles. The number of aliphatic carboxylic acids is 1. The van der Waals surface area contributed by atoms with Crippen molar-refractivity contribution in [3.63, 3.8) is 0 Å². The lowest BCUT2D eigenvalue weighted by Crippen LogP contribution is -2.39. The molecule has 2 N–H and O–H groups in total. The minimum atomic E-state index is -0.982. The number of fused-ring (bicyclic) bond motifs is 1. The molecular formula is C21H22N2O4. The third kappa shape index (κ3) is 4.73. The molecule has 1 heterocycles. The normalized spacial score (nSPS) is 14.4. The molecule has 140 valence electrons. The van der Waals surface area contributed by atoms with Crippen LogP contribution in [0.1, 0.15) is 36.4 Å². The van der Waals surface area contributed by atoms with Crippen molar-refractivity contribution < 1.29 is 19.5 Å². The molecule has 0 aromatic heterocycles. The number of carbonyl (C=O) groups excluding carboxylic acids is 2. The molecule has 0 saturated carbocycles. The average Bonchev–Trinajstić information content (AvgIpc) is 2.67. The smallest absolute Gasteiger partial charge is 0.305 e. The SMILES string of the molecule is O=C(O)CC(NC(=O)CCN1C(=O)CCc2ccccc21)c1ccccc1. The van der Waals surface area contributed by atoms with Crippen molar-refractivity contribution in [2.24, 2.45) is 0 Å². The van der Waals surface area contributed by atoms with Crippen molar-refractivity contribution in [2.75, 3.05) is 11.4 Å². The van der Waals surface area contributed by atoms with Crippen LogP contribution in [0.5, 0.6) is 0 Å². The Morgan fingerprint density at radius 1 is 1.04 bits per heavy atom. The molecule has 0 fully saturated rings. The van der Waals surface area contributed by atoms with Gasteiger partial charge in [-0.15, -0.1) is 0 Å². The van der Waals surface area contributed by atoms with E-state index >= 15 is 0 Å². The standard InChI is InChI=1S/C21H22N2O4/c24-19(22-17(14-21(26)27)15-6-2-1-3-7-15)12-13-23-18-9-5-4-8-16(18)10-11-20(23)25/h1-9,17H,10-14H2,(H,22,24)(H,26,27). The van der Waals surface area contributed by atoms with Crippen LogP contribution in [0.2, 0.25) is 0 Å². The number of amides is 2. The molecule has 2 amide bonds. The molecule has 27 heavy (non-hydrogen) atoms. The molecule has 6 heteroatoms. The maximum Gasteiger partial charge on any atom is 0.305 e. The van der Waals surface area contributed by atoms with Gasteiger partial charge in [-0.05, 0) is 23.6 Å². The Labute approximate surface area is 157 Å². The lowest BCUT2D eigenvalue weighted by Gasteiger charge is -2.29. The second kappa shape index (κ2) is 8.49. The molecule has 2 aromatic rings. The number of nitrogens with one attached hydrogen (secondary N) is 1. The zero-order valence-electron chi connectivity index (χ0n) is 14.9. The van der Waals surface area contributed by atoms with E-state index in [4.69, 9.17) is 5.11 Å². The molecule has 1 aliphatic rings. The highest BCUT2D eigenvalue weighted by atomic mass is 16.4. The molecule has 0 spiro atoms. The molecule has 0 saturated heterocycles. The van der Waals surface area contributed by atoms with Crippen molar-refractivity contribution in [3.8, 4) is 0 Å². The highest BCUT2D eigenvalue weighted by Gasteiger charge is 2.25. The second-order valence-electron chi connectivity index (χ2n) is 6.55. The van der Waals surface area contributed by atoms with Crippen LogP contribution in [0.25, 0.3) is 0 Å².